The Morgan fingerprint density at radius 3 is 2.38 bits per heavy atom. The summed E-state index contributed by atoms with van der Waals surface area (Å²) in [6.45, 7) is 1.42. The average Bonchev–Trinajstić information content (AvgIpc) is 3.54. The number of carbonyl (C=O) groups is 3. The van der Waals surface area contributed by atoms with Gasteiger partial charge in [-0.05, 0) is 48.9 Å². The third-order valence-corrected chi connectivity index (χ3v) is 5.89. The van der Waals surface area contributed by atoms with Gasteiger partial charge < -0.3 is 10.6 Å². The van der Waals surface area contributed by atoms with Gasteiger partial charge in [-0.3, -0.25) is 14.5 Å². The van der Waals surface area contributed by atoms with E-state index >= 15 is 0 Å². The van der Waals surface area contributed by atoms with Crippen molar-refractivity contribution in [2.45, 2.75) is 31.3 Å². The van der Waals surface area contributed by atoms with E-state index in [-0.39, 0.29) is 18.4 Å². The molecule has 1 saturated carbocycles. The molecular weight excluding hydrogens is 390 g/mol. The SMILES string of the molecule is CC1(C2CC2)NC(=O)N(CC(=O)NC(c2ccccc2)c2ccc(Cl)cc2)C1=O. The maximum absolute atomic E-state index is 12.8. The van der Waals surface area contributed by atoms with Crippen LogP contribution < -0.4 is 10.6 Å². The summed E-state index contributed by atoms with van der Waals surface area (Å²) in [5.41, 5.74) is 0.851. The lowest BCUT2D eigenvalue weighted by molar-refractivity contribution is -0.135. The summed E-state index contributed by atoms with van der Waals surface area (Å²) in [4.78, 5) is 38.9. The lowest BCUT2D eigenvalue weighted by atomic mass is 9.96. The Bertz CT molecular complexity index is 944. The van der Waals surface area contributed by atoms with Crippen LogP contribution in [0.25, 0.3) is 0 Å². The van der Waals surface area contributed by atoms with Crippen molar-refractivity contribution in [2.75, 3.05) is 6.54 Å². The first-order valence-corrected chi connectivity index (χ1v) is 10.00. The first-order valence-electron chi connectivity index (χ1n) is 9.62. The van der Waals surface area contributed by atoms with Crippen LogP contribution in [-0.2, 0) is 9.59 Å². The number of rotatable bonds is 6. The van der Waals surface area contributed by atoms with E-state index in [0.717, 1.165) is 28.9 Å². The van der Waals surface area contributed by atoms with Gasteiger partial charge in [0.25, 0.3) is 5.91 Å². The summed E-state index contributed by atoms with van der Waals surface area (Å²) in [5, 5.41) is 6.32. The molecule has 1 saturated heterocycles. The number of hydrogen-bond acceptors (Lipinski definition) is 3. The number of halogens is 1. The summed E-state index contributed by atoms with van der Waals surface area (Å²) in [5.74, 6) is -0.585. The zero-order valence-electron chi connectivity index (χ0n) is 16.0. The van der Waals surface area contributed by atoms with E-state index < -0.39 is 23.5 Å². The number of nitrogens with zero attached hydrogens (tertiary/aromatic N) is 1. The number of amides is 4. The second-order valence-corrected chi connectivity index (χ2v) is 8.20. The van der Waals surface area contributed by atoms with Crippen LogP contribution in [0.1, 0.15) is 36.9 Å². The predicted octanol–water partition coefficient (Wildman–Crippen LogP) is 3.27. The molecule has 2 aliphatic rings. The van der Waals surface area contributed by atoms with Crippen LogP contribution >= 0.6 is 11.6 Å². The molecule has 2 unspecified atom stereocenters. The molecule has 0 spiro atoms. The topological polar surface area (TPSA) is 78.5 Å². The lowest BCUT2D eigenvalue weighted by Crippen LogP contribution is -2.47. The molecular formula is C22H22ClN3O3. The fraction of sp³-hybridized carbons (Fsp3) is 0.318. The maximum Gasteiger partial charge on any atom is 0.325 e. The van der Waals surface area contributed by atoms with Gasteiger partial charge in [0.2, 0.25) is 5.91 Å². The molecule has 2 atom stereocenters. The third kappa shape index (κ3) is 3.85. The molecule has 0 radical (unpaired) electrons. The van der Waals surface area contributed by atoms with Crippen LogP contribution in [0.3, 0.4) is 0 Å². The minimum atomic E-state index is -0.896. The number of urea groups is 1. The fourth-order valence-electron chi connectivity index (χ4n) is 3.81. The molecule has 6 nitrogen and oxygen atoms in total. The van der Waals surface area contributed by atoms with Gasteiger partial charge in [-0.1, -0.05) is 54.1 Å². The third-order valence-electron chi connectivity index (χ3n) is 5.64. The van der Waals surface area contributed by atoms with Crippen molar-refractivity contribution < 1.29 is 14.4 Å². The average molecular weight is 412 g/mol. The fourth-order valence-corrected chi connectivity index (χ4v) is 3.93. The number of carbonyl (C=O) groups excluding carboxylic acids is 3. The van der Waals surface area contributed by atoms with E-state index in [4.69, 9.17) is 11.6 Å². The van der Waals surface area contributed by atoms with Crippen molar-refractivity contribution >= 4 is 29.4 Å². The normalized spacial score (nSPS) is 22.3. The Morgan fingerprint density at radius 2 is 1.76 bits per heavy atom. The van der Waals surface area contributed by atoms with Crippen molar-refractivity contribution in [3.05, 3.63) is 70.7 Å². The quantitative estimate of drug-likeness (QED) is 0.716. The number of benzene rings is 2. The highest BCUT2D eigenvalue weighted by Crippen LogP contribution is 2.42. The van der Waals surface area contributed by atoms with Crippen molar-refractivity contribution in [3.63, 3.8) is 0 Å². The van der Waals surface area contributed by atoms with E-state index in [2.05, 4.69) is 10.6 Å². The summed E-state index contributed by atoms with van der Waals surface area (Å²) in [7, 11) is 0. The van der Waals surface area contributed by atoms with Crippen molar-refractivity contribution in [1.29, 1.82) is 0 Å². The molecule has 1 aliphatic carbocycles. The molecule has 2 aromatic rings. The van der Waals surface area contributed by atoms with Crippen LogP contribution in [0.2, 0.25) is 5.02 Å². The van der Waals surface area contributed by atoms with E-state index in [9.17, 15) is 14.4 Å². The van der Waals surface area contributed by atoms with Gasteiger partial charge in [-0.2, -0.15) is 0 Å². The number of imide groups is 1. The summed E-state index contributed by atoms with van der Waals surface area (Å²) in [6.07, 6.45) is 1.82. The molecule has 7 heteroatoms. The van der Waals surface area contributed by atoms with Crippen molar-refractivity contribution in [3.8, 4) is 0 Å². The molecule has 29 heavy (non-hydrogen) atoms. The maximum atomic E-state index is 12.8. The molecule has 0 bridgehead atoms. The zero-order chi connectivity index (χ0) is 20.6. The van der Waals surface area contributed by atoms with Crippen LogP contribution in [0, 0.1) is 5.92 Å². The Balaban J connectivity index is 1.52. The smallest absolute Gasteiger partial charge is 0.325 e. The second kappa shape index (κ2) is 7.52. The molecule has 4 rings (SSSR count). The molecule has 2 fully saturated rings. The van der Waals surface area contributed by atoms with Crippen molar-refractivity contribution in [1.82, 2.24) is 15.5 Å². The highest BCUT2D eigenvalue weighted by Gasteiger charge is 2.56. The Morgan fingerprint density at radius 1 is 1.14 bits per heavy atom. The highest BCUT2D eigenvalue weighted by molar-refractivity contribution is 6.30. The summed E-state index contributed by atoms with van der Waals surface area (Å²) >= 11 is 5.99. The Labute approximate surface area is 174 Å². The van der Waals surface area contributed by atoms with Gasteiger partial charge in [0.05, 0.1) is 6.04 Å². The second-order valence-electron chi connectivity index (χ2n) is 7.76. The molecule has 1 heterocycles. The van der Waals surface area contributed by atoms with Gasteiger partial charge in [-0.25, -0.2) is 4.79 Å². The number of hydrogen-bond donors (Lipinski definition) is 2. The van der Waals surface area contributed by atoms with Crippen LogP contribution in [0.4, 0.5) is 4.79 Å². The van der Waals surface area contributed by atoms with E-state index in [0.29, 0.717) is 5.02 Å². The molecule has 0 aromatic heterocycles. The van der Waals surface area contributed by atoms with Gasteiger partial charge in [0.15, 0.2) is 0 Å². The Kier molecular flexibility index (Phi) is 5.04. The monoisotopic (exact) mass is 411 g/mol. The standard InChI is InChI=1S/C22H22ClN3O3/c1-22(16-9-10-16)20(28)26(21(29)25-22)13-18(27)24-19(14-5-3-2-4-6-14)15-7-11-17(23)12-8-15/h2-8,11-12,16,19H,9-10,13H2,1H3,(H,24,27)(H,25,29). The molecule has 1 aliphatic heterocycles. The van der Waals surface area contributed by atoms with Crippen molar-refractivity contribution in [2.24, 2.45) is 5.92 Å². The lowest BCUT2D eigenvalue weighted by Gasteiger charge is -2.23. The predicted molar refractivity (Wildman–Crippen MR) is 109 cm³/mol. The number of nitrogens with one attached hydrogen (secondary N) is 2. The zero-order valence-corrected chi connectivity index (χ0v) is 16.8. The van der Waals surface area contributed by atoms with Crippen LogP contribution in [0.15, 0.2) is 54.6 Å². The van der Waals surface area contributed by atoms with Gasteiger partial charge in [-0.15, -0.1) is 0 Å². The first-order chi connectivity index (χ1) is 13.9. The molecule has 150 valence electrons. The van der Waals surface area contributed by atoms with E-state index in [1.165, 1.54) is 0 Å². The minimum Gasteiger partial charge on any atom is -0.344 e. The van der Waals surface area contributed by atoms with Crippen LogP contribution in [-0.4, -0.2) is 34.8 Å². The van der Waals surface area contributed by atoms with Crippen LogP contribution in [0.5, 0.6) is 0 Å². The summed E-state index contributed by atoms with van der Waals surface area (Å²) in [6, 6.07) is 15.8. The van der Waals surface area contributed by atoms with Gasteiger partial charge in [0.1, 0.15) is 12.1 Å². The molecule has 2 aromatic carbocycles. The minimum absolute atomic E-state index is 0.151. The first kappa shape index (κ1) is 19.5. The van der Waals surface area contributed by atoms with Gasteiger partial charge >= 0.3 is 6.03 Å². The van der Waals surface area contributed by atoms with Gasteiger partial charge in [0, 0.05) is 5.02 Å². The molecule has 2 N–H and O–H groups in total. The highest BCUT2D eigenvalue weighted by atomic mass is 35.5. The Hall–Kier alpha value is -2.86. The largest absolute Gasteiger partial charge is 0.344 e. The summed E-state index contributed by atoms with van der Waals surface area (Å²) < 4.78 is 0. The van der Waals surface area contributed by atoms with E-state index in [1.807, 2.05) is 42.5 Å². The molecule has 4 amide bonds. The van der Waals surface area contributed by atoms with E-state index in [1.54, 1.807) is 19.1 Å².